The van der Waals surface area contributed by atoms with Crippen LogP contribution in [0.15, 0.2) is 48.8 Å². The molecule has 30 heavy (non-hydrogen) atoms. The fourth-order valence-corrected chi connectivity index (χ4v) is 3.48. The van der Waals surface area contributed by atoms with Gasteiger partial charge in [0, 0.05) is 42.3 Å². The maximum atomic E-state index is 12.8. The number of aromatic nitrogens is 3. The number of ether oxygens (including phenoxy) is 1. The van der Waals surface area contributed by atoms with Crippen molar-refractivity contribution in [1.29, 1.82) is 0 Å². The van der Waals surface area contributed by atoms with E-state index in [1.165, 1.54) is 12.1 Å². The Labute approximate surface area is 172 Å². The number of hydrogen-bond acceptors (Lipinski definition) is 5. The van der Waals surface area contributed by atoms with Crippen molar-refractivity contribution in [2.45, 2.75) is 26.1 Å². The molecule has 1 aliphatic heterocycles. The molecule has 0 amide bonds. The monoisotopic (exact) mass is 414 g/mol. The van der Waals surface area contributed by atoms with Crippen molar-refractivity contribution in [2.24, 2.45) is 0 Å². The van der Waals surface area contributed by atoms with Crippen molar-refractivity contribution in [1.82, 2.24) is 15.0 Å². The summed E-state index contributed by atoms with van der Waals surface area (Å²) in [5.41, 5.74) is 2.78. The van der Waals surface area contributed by atoms with Crippen LogP contribution in [-0.2, 0) is 10.9 Å². The van der Waals surface area contributed by atoms with Gasteiger partial charge in [-0.25, -0.2) is 9.97 Å². The van der Waals surface area contributed by atoms with Crippen LogP contribution in [0, 0.1) is 13.8 Å². The SMILES string of the molecule is Cc1nc(-c2ccncc2)nc(N2CCOC(c3ccc(C(F)(F)F)cc3)C2)c1C. The molecule has 4 rings (SSSR count). The van der Waals surface area contributed by atoms with Gasteiger partial charge in [0.15, 0.2) is 5.82 Å². The van der Waals surface area contributed by atoms with Crippen LogP contribution in [0.25, 0.3) is 11.4 Å². The van der Waals surface area contributed by atoms with E-state index in [0.717, 1.165) is 34.8 Å². The Balaban J connectivity index is 1.61. The minimum absolute atomic E-state index is 0.333. The van der Waals surface area contributed by atoms with E-state index in [-0.39, 0.29) is 6.10 Å². The molecule has 0 aliphatic carbocycles. The second-order valence-electron chi connectivity index (χ2n) is 7.24. The molecule has 1 aromatic carbocycles. The normalized spacial score (nSPS) is 17.2. The summed E-state index contributed by atoms with van der Waals surface area (Å²) < 4.78 is 44.4. The van der Waals surface area contributed by atoms with Crippen molar-refractivity contribution in [2.75, 3.05) is 24.6 Å². The predicted octanol–water partition coefficient (Wildman–Crippen LogP) is 4.75. The Morgan fingerprint density at radius 2 is 1.70 bits per heavy atom. The lowest BCUT2D eigenvalue weighted by Crippen LogP contribution is -2.39. The third kappa shape index (κ3) is 4.14. The molecule has 0 bridgehead atoms. The molecular formula is C22H21F3N4O. The number of hydrogen-bond donors (Lipinski definition) is 0. The fourth-order valence-electron chi connectivity index (χ4n) is 3.48. The second-order valence-corrected chi connectivity index (χ2v) is 7.24. The third-order valence-electron chi connectivity index (χ3n) is 5.28. The molecule has 0 radical (unpaired) electrons. The first kappa shape index (κ1) is 20.3. The van der Waals surface area contributed by atoms with Crippen LogP contribution in [0.1, 0.15) is 28.5 Å². The number of rotatable bonds is 3. The van der Waals surface area contributed by atoms with Crippen LogP contribution >= 0.6 is 0 Å². The van der Waals surface area contributed by atoms with Crippen molar-refractivity contribution < 1.29 is 17.9 Å². The first-order valence-electron chi connectivity index (χ1n) is 9.62. The number of nitrogens with zero attached hydrogens (tertiary/aromatic N) is 4. The highest BCUT2D eigenvalue weighted by Crippen LogP contribution is 2.32. The summed E-state index contributed by atoms with van der Waals surface area (Å²) in [6, 6.07) is 8.88. The highest BCUT2D eigenvalue weighted by Gasteiger charge is 2.31. The Kier molecular flexibility index (Phi) is 5.42. The highest BCUT2D eigenvalue weighted by atomic mass is 19.4. The topological polar surface area (TPSA) is 51.1 Å². The van der Waals surface area contributed by atoms with Gasteiger partial charge in [0.05, 0.1) is 12.2 Å². The molecule has 3 aromatic rings. The van der Waals surface area contributed by atoms with Crippen molar-refractivity contribution >= 4 is 5.82 Å². The van der Waals surface area contributed by atoms with E-state index in [9.17, 15) is 13.2 Å². The van der Waals surface area contributed by atoms with E-state index in [4.69, 9.17) is 9.72 Å². The molecule has 3 heterocycles. The molecule has 1 unspecified atom stereocenters. The summed E-state index contributed by atoms with van der Waals surface area (Å²) in [6.07, 6.45) is -1.29. The van der Waals surface area contributed by atoms with Crippen LogP contribution in [-0.4, -0.2) is 34.6 Å². The summed E-state index contributed by atoms with van der Waals surface area (Å²) in [7, 11) is 0. The van der Waals surface area contributed by atoms with Crippen LogP contribution in [0.5, 0.6) is 0 Å². The van der Waals surface area contributed by atoms with E-state index in [1.54, 1.807) is 12.4 Å². The van der Waals surface area contributed by atoms with Gasteiger partial charge in [0.2, 0.25) is 0 Å². The molecule has 0 saturated carbocycles. The van der Waals surface area contributed by atoms with Crippen LogP contribution in [0.4, 0.5) is 19.0 Å². The fraction of sp³-hybridized carbons (Fsp3) is 0.318. The van der Waals surface area contributed by atoms with Crippen LogP contribution in [0.2, 0.25) is 0 Å². The summed E-state index contributed by atoms with van der Waals surface area (Å²) in [6.45, 7) is 5.52. The van der Waals surface area contributed by atoms with E-state index >= 15 is 0 Å². The predicted molar refractivity (Wildman–Crippen MR) is 107 cm³/mol. The van der Waals surface area contributed by atoms with Gasteiger partial charge in [-0.05, 0) is 43.7 Å². The number of pyridine rings is 1. The van der Waals surface area contributed by atoms with Gasteiger partial charge < -0.3 is 9.64 Å². The van der Waals surface area contributed by atoms with Gasteiger partial charge in [-0.1, -0.05) is 12.1 Å². The zero-order chi connectivity index (χ0) is 21.3. The lowest BCUT2D eigenvalue weighted by atomic mass is 10.0. The maximum absolute atomic E-state index is 12.8. The zero-order valence-corrected chi connectivity index (χ0v) is 16.6. The molecule has 1 saturated heterocycles. The van der Waals surface area contributed by atoms with Gasteiger partial charge in [-0.3, -0.25) is 4.98 Å². The van der Waals surface area contributed by atoms with E-state index in [2.05, 4.69) is 14.9 Å². The molecule has 0 N–H and O–H groups in total. The Bertz CT molecular complexity index is 1020. The average Bonchev–Trinajstić information content (AvgIpc) is 2.76. The van der Waals surface area contributed by atoms with E-state index in [1.807, 2.05) is 26.0 Å². The number of aryl methyl sites for hydroxylation is 1. The highest BCUT2D eigenvalue weighted by molar-refractivity contribution is 5.60. The Morgan fingerprint density at radius 3 is 2.37 bits per heavy atom. The minimum atomic E-state index is -4.35. The maximum Gasteiger partial charge on any atom is 0.416 e. The molecular weight excluding hydrogens is 393 g/mol. The van der Waals surface area contributed by atoms with Gasteiger partial charge in [0.25, 0.3) is 0 Å². The first-order valence-corrected chi connectivity index (χ1v) is 9.62. The number of anilines is 1. The lowest BCUT2D eigenvalue weighted by Gasteiger charge is -2.35. The molecule has 1 fully saturated rings. The minimum Gasteiger partial charge on any atom is -0.370 e. The molecule has 0 spiro atoms. The summed E-state index contributed by atoms with van der Waals surface area (Å²) in [4.78, 5) is 15.5. The van der Waals surface area contributed by atoms with Gasteiger partial charge in [-0.15, -0.1) is 0 Å². The number of halogens is 3. The summed E-state index contributed by atoms with van der Waals surface area (Å²) in [5, 5.41) is 0. The van der Waals surface area contributed by atoms with Crippen LogP contribution < -0.4 is 4.90 Å². The van der Waals surface area contributed by atoms with Crippen molar-refractivity contribution in [3.63, 3.8) is 0 Å². The van der Waals surface area contributed by atoms with Gasteiger partial charge in [0.1, 0.15) is 11.9 Å². The third-order valence-corrected chi connectivity index (χ3v) is 5.28. The van der Waals surface area contributed by atoms with Gasteiger partial charge >= 0.3 is 6.18 Å². The Morgan fingerprint density at radius 1 is 1.00 bits per heavy atom. The van der Waals surface area contributed by atoms with Crippen molar-refractivity contribution in [3.05, 3.63) is 71.2 Å². The van der Waals surface area contributed by atoms with Crippen molar-refractivity contribution in [3.8, 4) is 11.4 Å². The summed E-state index contributed by atoms with van der Waals surface area (Å²) in [5.74, 6) is 1.43. The molecule has 1 atom stereocenters. The molecule has 8 heteroatoms. The second kappa shape index (κ2) is 8.02. The standard InChI is InChI=1S/C22H21F3N4O/c1-14-15(2)27-20(17-7-9-26-10-8-17)28-21(14)29-11-12-30-19(13-29)16-3-5-18(6-4-16)22(23,24)25/h3-10,19H,11-13H2,1-2H3. The zero-order valence-electron chi connectivity index (χ0n) is 16.6. The smallest absolute Gasteiger partial charge is 0.370 e. The largest absolute Gasteiger partial charge is 0.416 e. The average molecular weight is 414 g/mol. The number of morpholine rings is 1. The quantitative estimate of drug-likeness (QED) is 0.619. The number of alkyl halides is 3. The summed E-state index contributed by atoms with van der Waals surface area (Å²) >= 11 is 0. The van der Waals surface area contributed by atoms with E-state index < -0.39 is 11.7 Å². The molecule has 156 valence electrons. The lowest BCUT2D eigenvalue weighted by molar-refractivity contribution is -0.137. The first-order chi connectivity index (χ1) is 14.3. The van der Waals surface area contributed by atoms with E-state index in [0.29, 0.717) is 31.1 Å². The number of benzene rings is 1. The molecule has 5 nitrogen and oxygen atoms in total. The Hall–Kier alpha value is -3.00. The van der Waals surface area contributed by atoms with Gasteiger partial charge in [-0.2, -0.15) is 13.2 Å². The van der Waals surface area contributed by atoms with Crippen LogP contribution in [0.3, 0.4) is 0 Å². The molecule has 1 aliphatic rings. The molecule has 2 aromatic heterocycles.